The molecule has 0 aliphatic heterocycles. The van der Waals surface area contributed by atoms with Gasteiger partial charge in [0.25, 0.3) is 0 Å². The van der Waals surface area contributed by atoms with Crippen molar-refractivity contribution in [1.82, 2.24) is 15.1 Å². The number of benzene rings is 1. The molecule has 1 aromatic heterocycles. The Balaban J connectivity index is 2.45. The van der Waals surface area contributed by atoms with E-state index in [9.17, 15) is 9.59 Å². The molecule has 0 atom stereocenters. The summed E-state index contributed by atoms with van der Waals surface area (Å²) < 4.78 is 1.41. The first-order valence-electron chi connectivity index (χ1n) is 5.59. The summed E-state index contributed by atoms with van der Waals surface area (Å²) in [5.74, 6) is -1.29. The Morgan fingerprint density at radius 2 is 2.11 bits per heavy atom. The number of aromatic nitrogens is 2. The molecule has 0 radical (unpaired) electrons. The van der Waals surface area contributed by atoms with Crippen molar-refractivity contribution in [2.24, 2.45) is 0 Å². The summed E-state index contributed by atoms with van der Waals surface area (Å²) in [6.45, 7) is 2.37. The van der Waals surface area contributed by atoms with Crippen molar-refractivity contribution in [3.05, 3.63) is 30.0 Å². The van der Waals surface area contributed by atoms with Crippen LogP contribution >= 0.6 is 0 Å². The van der Waals surface area contributed by atoms with Gasteiger partial charge in [-0.3, -0.25) is 9.48 Å². The average Bonchev–Trinajstić information content (AvgIpc) is 2.69. The first-order chi connectivity index (χ1) is 8.63. The summed E-state index contributed by atoms with van der Waals surface area (Å²) in [6, 6.07) is 6.95. The van der Waals surface area contributed by atoms with Crippen LogP contribution in [-0.4, -0.2) is 33.3 Å². The lowest BCUT2D eigenvalue weighted by Gasteiger charge is -2.03. The van der Waals surface area contributed by atoms with E-state index in [0.29, 0.717) is 17.4 Å². The van der Waals surface area contributed by atoms with Gasteiger partial charge in [-0.2, -0.15) is 5.10 Å². The highest BCUT2D eigenvalue weighted by atomic mass is 16.4. The number of carboxylic acids is 1. The van der Waals surface area contributed by atoms with Gasteiger partial charge in [-0.15, -0.1) is 0 Å². The molecule has 0 aliphatic rings. The molecule has 0 bridgehead atoms. The van der Waals surface area contributed by atoms with Crippen LogP contribution in [-0.2, 0) is 11.3 Å². The Hall–Kier alpha value is -2.37. The number of nitrogens with zero attached hydrogens (tertiary/aromatic N) is 2. The van der Waals surface area contributed by atoms with Gasteiger partial charge in [-0.1, -0.05) is 18.2 Å². The maximum atomic E-state index is 11.5. The number of fused-ring (bicyclic) bond motifs is 1. The van der Waals surface area contributed by atoms with E-state index in [4.69, 9.17) is 5.11 Å². The number of hydrogen-bond donors (Lipinski definition) is 2. The van der Waals surface area contributed by atoms with Gasteiger partial charge in [0.15, 0.2) is 5.69 Å². The van der Waals surface area contributed by atoms with Crippen LogP contribution in [0.2, 0.25) is 0 Å². The molecule has 0 saturated heterocycles. The van der Waals surface area contributed by atoms with Crippen LogP contribution in [0.3, 0.4) is 0 Å². The second-order valence-electron chi connectivity index (χ2n) is 3.78. The van der Waals surface area contributed by atoms with E-state index in [0.717, 1.165) is 0 Å². The Labute approximate surface area is 103 Å². The quantitative estimate of drug-likeness (QED) is 0.839. The van der Waals surface area contributed by atoms with Crippen LogP contribution in [0.15, 0.2) is 24.3 Å². The van der Waals surface area contributed by atoms with E-state index in [-0.39, 0.29) is 18.1 Å². The topological polar surface area (TPSA) is 84.2 Å². The largest absolute Gasteiger partial charge is 0.476 e. The van der Waals surface area contributed by atoms with Crippen LogP contribution in [0.4, 0.5) is 0 Å². The van der Waals surface area contributed by atoms with Crippen molar-refractivity contribution in [2.75, 3.05) is 6.54 Å². The fourth-order valence-corrected chi connectivity index (χ4v) is 1.80. The van der Waals surface area contributed by atoms with Crippen molar-refractivity contribution in [3.8, 4) is 0 Å². The number of carbonyl (C=O) groups excluding carboxylic acids is 1. The first kappa shape index (κ1) is 12.1. The summed E-state index contributed by atoms with van der Waals surface area (Å²) in [5.41, 5.74) is 0.607. The van der Waals surface area contributed by atoms with Crippen LogP contribution in [0.5, 0.6) is 0 Å². The molecule has 6 nitrogen and oxygen atoms in total. The SMILES string of the molecule is CCNC(=O)Cn1nc(C(=O)O)c2ccccc21. The third-order valence-electron chi connectivity index (χ3n) is 2.53. The van der Waals surface area contributed by atoms with E-state index >= 15 is 0 Å². The van der Waals surface area contributed by atoms with Crippen LogP contribution in [0.25, 0.3) is 10.9 Å². The zero-order valence-electron chi connectivity index (χ0n) is 9.88. The summed E-state index contributed by atoms with van der Waals surface area (Å²) >= 11 is 0. The van der Waals surface area contributed by atoms with Crippen LogP contribution in [0, 0.1) is 0 Å². The minimum absolute atomic E-state index is 0.0155. The molecule has 6 heteroatoms. The molecule has 1 heterocycles. The molecule has 94 valence electrons. The van der Waals surface area contributed by atoms with E-state index in [1.54, 1.807) is 24.3 Å². The predicted octanol–water partition coefficient (Wildman–Crippen LogP) is 0.871. The lowest BCUT2D eigenvalue weighted by Crippen LogP contribution is -2.27. The molecule has 2 N–H and O–H groups in total. The van der Waals surface area contributed by atoms with Crippen molar-refractivity contribution in [3.63, 3.8) is 0 Å². The molecule has 18 heavy (non-hydrogen) atoms. The van der Waals surface area contributed by atoms with Gasteiger partial charge in [0.2, 0.25) is 5.91 Å². The first-order valence-corrected chi connectivity index (χ1v) is 5.59. The number of likely N-dealkylation sites (N-methyl/N-ethyl adjacent to an activating group) is 1. The lowest BCUT2D eigenvalue weighted by molar-refractivity contribution is -0.121. The van der Waals surface area contributed by atoms with Gasteiger partial charge >= 0.3 is 5.97 Å². The monoisotopic (exact) mass is 247 g/mol. The number of para-hydroxylation sites is 1. The lowest BCUT2D eigenvalue weighted by atomic mass is 10.2. The molecule has 0 unspecified atom stereocenters. The number of aromatic carboxylic acids is 1. The Morgan fingerprint density at radius 1 is 1.39 bits per heavy atom. The number of hydrogen-bond acceptors (Lipinski definition) is 3. The van der Waals surface area contributed by atoms with Gasteiger partial charge < -0.3 is 10.4 Å². The fraction of sp³-hybridized carbons (Fsp3) is 0.250. The Morgan fingerprint density at radius 3 is 2.78 bits per heavy atom. The van der Waals surface area contributed by atoms with Gasteiger partial charge in [0, 0.05) is 11.9 Å². The normalized spacial score (nSPS) is 10.5. The van der Waals surface area contributed by atoms with Crippen molar-refractivity contribution >= 4 is 22.8 Å². The molecule has 0 fully saturated rings. The van der Waals surface area contributed by atoms with Gasteiger partial charge in [-0.25, -0.2) is 4.79 Å². The van der Waals surface area contributed by atoms with Gasteiger partial charge in [0.1, 0.15) is 6.54 Å². The predicted molar refractivity (Wildman–Crippen MR) is 65.4 cm³/mol. The average molecular weight is 247 g/mol. The highest BCUT2D eigenvalue weighted by molar-refractivity contribution is 6.01. The Kier molecular flexibility index (Phi) is 3.27. The second kappa shape index (κ2) is 4.87. The van der Waals surface area contributed by atoms with Gasteiger partial charge in [-0.05, 0) is 13.0 Å². The minimum atomic E-state index is -1.10. The van der Waals surface area contributed by atoms with Crippen molar-refractivity contribution < 1.29 is 14.7 Å². The van der Waals surface area contributed by atoms with E-state index in [1.807, 2.05) is 6.92 Å². The zero-order valence-corrected chi connectivity index (χ0v) is 9.88. The number of amides is 1. The molecule has 0 spiro atoms. The van der Waals surface area contributed by atoms with Gasteiger partial charge in [0.05, 0.1) is 5.52 Å². The van der Waals surface area contributed by atoms with Crippen LogP contribution < -0.4 is 5.32 Å². The molecule has 2 aromatic rings. The maximum Gasteiger partial charge on any atom is 0.357 e. The summed E-state index contributed by atoms with van der Waals surface area (Å²) in [7, 11) is 0. The molecule has 1 amide bonds. The van der Waals surface area contributed by atoms with Crippen molar-refractivity contribution in [2.45, 2.75) is 13.5 Å². The maximum absolute atomic E-state index is 11.5. The zero-order chi connectivity index (χ0) is 13.1. The smallest absolute Gasteiger partial charge is 0.357 e. The standard InChI is InChI=1S/C12H13N3O3/c1-2-13-10(16)7-15-9-6-4-3-5-8(9)11(14-15)12(17)18/h3-6H,2,7H2,1H3,(H,13,16)(H,17,18). The van der Waals surface area contributed by atoms with Crippen LogP contribution in [0.1, 0.15) is 17.4 Å². The van der Waals surface area contributed by atoms with E-state index in [1.165, 1.54) is 4.68 Å². The summed E-state index contributed by atoms with van der Waals surface area (Å²) in [6.07, 6.45) is 0. The second-order valence-corrected chi connectivity index (χ2v) is 3.78. The third-order valence-corrected chi connectivity index (χ3v) is 2.53. The highest BCUT2D eigenvalue weighted by Crippen LogP contribution is 2.18. The molecule has 2 rings (SSSR count). The number of nitrogens with one attached hydrogen (secondary N) is 1. The fourth-order valence-electron chi connectivity index (χ4n) is 1.80. The minimum Gasteiger partial charge on any atom is -0.476 e. The number of carboxylic acid groups (broad SMARTS) is 1. The number of carbonyl (C=O) groups is 2. The molecule has 0 aliphatic carbocycles. The summed E-state index contributed by atoms with van der Waals surface area (Å²) in [4.78, 5) is 22.6. The molecular formula is C12H13N3O3. The molecular weight excluding hydrogens is 234 g/mol. The van der Waals surface area contributed by atoms with Crippen molar-refractivity contribution in [1.29, 1.82) is 0 Å². The molecule has 0 saturated carbocycles. The summed E-state index contributed by atoms with van der Waals surface area (Å²) in [5, 5.41) is 16.2. The Bertz CT molecular complexity index is 604. The van der Waals surface area contributed by atoms with E-state index < -0.39 is 5.97 Å². The molecule has 1 aromatic carbocycles. The third kappa shape index (κ3) is 2.17. The highest BCUT2D eigenvalue weighted by Gasteiger charge is 2.16. The number of rotatable bonds is 4. The van der Waals surface area contributed by atoms with E-state index in [2.05, 4.69) is 10.4 Å².